The number of benzene rings is 1. The molecule has 2 amide bonds. The molecular weight excluding hydrogens is 328 g/mol. The maximum Gasteiger partial charge on any atom is 0.242 e. The monoisotopic (exact) mass is 352 g/mol. The van der Waals surface area contributed by atoms with Gasteiger partial charge in [0.2, 0.25) is 11.8 Å². The van der Waals surface area contributed by atoms with Crippen molar-refractivity contribution in [1.29, 1.82) is 0 Å². The van der Waals surface area contributed by atoms with E-state index in [1.807, 2.05) is 47.4 Å². The van der Waals surface area contributed by atoms with Crippen LogP contribution in [0.5, 0.6) is 0 Å². The van der Waals surface area contributed by atoms with E-state index in [9.17, 15) is 9.59 Å². The molecule has 1 heterocycles. The van der Waals surface area contributed by atoms with Crippen molar-refractivity contribution in [3.05, 3.63) is 60.1 Å². The fourth-order valence-corrected chi connectivity index (χ4v) is 3.21. The number of carbonyl (C=O) groups excluding carboxylic acids is 2. The van der Waals surface area contributed by atoms with Crippen molar-refractivity contribution in [3.8, 4) is 0 Å². The Hall–Kier alpha value is -2.56. The van der Waals surface area contributed by atoms with Gasteiger partial charge < -0.3 is 14.2 Å². The van der Waals surface area contributed by atoms with Crippen LogP contribution in [0.4, 0.5) is 0 Å². The van der Waals surface area contributed by atoms with Gasteiger partial charge in [-0.25, -0.2) is 0 Å². The van der Waals surface area contributed by atoms with E-state index in [1.54, 1.807) is 11.2 Å². The van der Waals surface area contributed by atoms with Crippen molar-refractivity contribution in [1.82, 2.24) is 9.80 Å². The van der Waals surface area contributed by atoms with Gasteiger partial charge >= 0.3 is 0 Å². The van der Waals surface area contributed by atoms with E-state index in [2.05, 4.69) is 0 Å². The van der Waals surface area contributed by atoms with Crippen molar-refractivity contribution >= 4 is 11.8 Å². The third kappa shape index (κ3) is 4.15. The van der Waals surface area contributed by atoms with Gasteiger partial charge in [0.25, 0.3) is 0 Å². The number of carbonyl (C=O) groups is 2. The minimum absolute atomic E-state index is 0.0221. The SMILES string of the molecule is O=C(CN(C(=O)C1CC1)C1CC1)N(Cc1ccccc1)Cc1ccco1. The van der Waals surface area contributed by atoms with Crippen molar-refractivity contribution in [2.24, 2.45) is 5.92 Å². The lowest BCUT2D eigenvalue weighted by molar-refractivity contribution is -0.142. The summed E-state index contributed by atoms with van der Waals surface area (Å²) in [5.41, 5.74) is 1.07. The Bertz CT molecular complexity index is 749. The summed E-state index contributed by atoms with van der Waals surface area (Å²) in [7, 11) is 0. The number of furan rings is 1. The van der Waals surface area contributed by atoms with Crippen molar-refractivity contribution in [2.75, 3.05) is 6.54 Å². The minimum Gasteiger partial charge on any atom is -0.467 e. The highest BCUT2D eigenvalue weighted by Gasteiger charge is 2.41. The zero-order valence-corrected chi connectivity index (χ0v) is 14.8. The molecule has 0 bridgehead atoms. The standard InChI is InChI=1S/C21H24N2O3/c24-20(15-23(18-10-11-18)21(25)17-8-9-17)22(14-19-7-4-12-26-19)13-16-5-2-1-3-6-16/h1-7,12,17-18H,8-11,13-15H2. The smallest absolute Gasteiger partial charge is 0.242 e. The van der Waals surface area contributed by atoms with Gasteiger partial charge in [-0.05, 0) is 43.4 Å². The van der Waals surface area contributed by atoms with E-state index >= 15 is 0 Å². The van der Waals surface area contributed by atoms with Crippen LogP contribution in [0.15, 0.2) is 53.1 Å². The van der Waals surface area contributed by atoms with Crippen molar-refractivity contribution in [3.63, 3.8) is 0 Å². The molecule has 0 aliphatic heterocycles. The summed E-state index contributed by atoms with van der Waals surface area (Å²) >= 11 is 0. The van der Waals surface area contributed by atoms with E-state index in [1.165, 1.54) is 0 Å². The number of hydrogen-bond donors (Lipinski definition) is 0. The van der Waals surface area contributed by atoms with Gasteiger partial charge in [-0.3, -0.25) is 9.59 Å². The number of hydrogen-bond acceptors (Lipinski definition) is 3. The van der Waals surface area contributed by atoms with Gasteiger partial charge in [0.05, 0.1) is 12.8 Å². The molecule has 136 valence electrons. The lowest BCUT2D eigenvalue weighted by atomic mass is 10.2. The normalized spacial score (nSPS) is 16.3. The van der Waals surface area contributed by atoms with E-state index in [0.717, 1.165) is 37.0 Å². The fraction of sp³-hybridized carbons (Fsp3) is 0.429. The van der Waals surface area contributed by atoms with Crippen LogP contribution in [-0.4, -0.2) is 34.2 Å². The van der Waals surface area contributed by atoms with E-state index in [4.69, 9.17) is 4.42 Å². The number of rotatable bonds is 8. The van der Waals surface area contributed by atoms with Gasteiger partial charge in [0.15, 0.2) is 0 Å². The Kier molecular flexibility index (Phi) is 4.78. The molecule has 0 N–H and O–H groups in total. The molecule has 0 spiro atoms. The molecule has 1 aromatic heterocycles. The molecule has 1 aromatic carbocycles. The zero-order chi connectivity index (χ0) is 17.9. The van der Waals surface area contributed by atoms with Crippen LogP contribution in [-0.2, 0) is 22.7 Å². The summed E-state index contributed by atoms with van der Waals surface area (Å²) in [6.45, 7) is 1.10. The molecule has 2 saturated carbocycles. The molecule has 2 aliphatic carbocycles. The van der Waals surface area contributed by atoms with E-state index in [-0.39, 0.29) is 30.3 Å². The topological polar surface area (TPSA) is 53.8 Å². The average Bonchev–Trinajstić information content (AvgIpc) is 3.58. The predicted octanol–water partition coefficient (Wildman–Crippen LogP) is 3.21. The highest BCUT2D eigenvalue weighted by molar-refractivity contribution is 5.87. The van der Waals surface area contributed by atoms with Crippen molar-refractivity contribution < 1.29 is 14.0 Å². The molecule has 0 unspecified atom stereocenters. The van der Waals surface area contributed by atoms with Gasteiger partial charge in [-0.2, -0.15) is 0 Å². The van der Waals surface area contributed by atoms with E-state index in [0.29, 0.717) is 13.1 Å². The molecule has 0 saturated heterocycles. The first-order valence-electron chi connectivity index (χ1n) is 9.35. The van der Waals surface area contributed by atoms with Crippen LogP contribution >= 0.6 is 0 Å². The molecule has 0 radical (unpaired) electrons. The molecule has 26 heavy (non-hydrogen) atoms. The Morgan fingerprint density at radius 2 is 1.73 bits per heavy atom. The second-order valence-corrected chi connectivity index (χ2v) is 7.29. The zero-order valence-electron chi connectivity index (χ0n) is 14.8. The minimum atomic E-state index is -0.0221. The van der Waals surface area contributed by atoms with Crippen LogP contribution < -0.4 is 0 Å². The largest absolute Gasteiger partial charge is 0.467 e. The first kappa shape index (κ1) is 16.9. The molecule has 2 aromatic rings. The quantitative estimate of drug-likeness (QED) is 0.733. The molecule has 5 heteroatoms. The first-order chi connectivity index (χ1) is 12.7. The lowest BCUT2D eigenvalue weighted by Gasteiger charge is -2.27. The van der Waals surface area contributed by atoms with Gasteiger partial charge in [-0.1, -0.05) is 30.3 Å². The third-order valence-electron chi connectivity index (χ3n) is 5.00. The first-order valence-corrected chi connectivity index (χ1v) is 9.35. The van der Waals surface area contributed by atoms with Crippen molar-refractivity contribution in [2.45, 2.75) is 44.8 Å². The maximum absolute atomic E-state index is 13.1. The Balaban J connectivity index is 1.47. The van der Waals surface area contributed by atoms with E-state index < -0.39 is 0 Å². The summed E-state index contributed by atoms with van der Waals surface area (Å²) in [5.74, 6) is 1.04. The second kappa shape index (κ2) is 7.36. The second-order valence-electron chi connectivity index (χ2n) is 7.29. The Morgan fingerprint density at radius 1 is 0.962 bits per heavy atom. The highest BCUT2D eigenvalue weighted by Crippen LogP contribution is 2.36. The highest BCUT2D eigenvalue weighted by atomic mass is 16.3. The lowest BCUT2D eigenvalue weighted by Crippen LogP contribution is -2.44. The third-order valence-corrected chi connectivity index (χ3v) is 5.00. The van der Waals surface area contributed by atoms with Gasteiger partial charge in [0, 0.05) is 18.5 Å². The molecular formula is C21H24N2O3. The maximum atomic E-state index is 13.1. The molecule has 2 aliphatic rings. The van der Waals surface area contributed by atoms with Gasteiger partial charge in [0.1, 0.15) is 12.3 Å². The number of nitrogens with zero attached hydrogens (tertiary/aromatic N) is 2. The van der Waals surface area contributed by atoms with Crippen LogP contribution in [0.2, 0.25) is 0 Å². The van der Waals surface area contributed by atoms with Crippen LogP contribution in [0.1, 0.15) is 37.0 Å². The van der Waals surface area contributed by atoms with Crippen LogP contribution in [0.25, 0.3) is 0 Å². The Labute approximate surface area is 153 Å². The van der Waals surface area contributed by atoms with Crippen LogP contribution in [0.3, 0.4) is 0 Å². The average molecular weight is 352 g/mol. The van der Waals surface area contributed by atoms with Crippen LogP contribution in [0, 0.1) is 5.92 Å². The summed E-state index contributed by atoms with van der Waals surface area (Å²) in [6, 6.07) is 13.9. The summed E-state index contributed by atoms with van der Waals surface area (Å²) in [6.07, 6.45) is 5.59. The summed E-state index contributed by atoms with van der Waals surface area (Å²) in [4.78, 5) is 29.2. The summed E-state index contributed by atoms with van der Waals surface area (Å²) < 4.78 is 5.44. The fourth-order valence-electron chi connectivity index (χ4n) is 3.21. The molecule has 5 nitrogen and oxygen atoms in total. The number of amides is 2. The molecule has 2 fully saturated rings. The predicted molar refractivity (Wildman–Crippen MR) is 96.9 cm³/mol. The summed E-state index contributed by atoms with van der Waals surface area (Å²) in [5, 5.41) is 0. The van der Waals surface area contributed by atoms with Gasteiger partial charge in [-0.15, -0.1) is 0 Å². The molecule has 0 atom stereocenters. The molecule has 4 rings (SSSR count). The Morgan fingerprint density at radius 3 is 2.35 bits per heavy atom.